The van der Waals surface area contributed by atoms with Crippen LogP contribution in [0.4, 0.5) is 17.1 Å². The average Bonchev–Trinajstić information content (AvgIpc) is 2.43. The van der Waals surface area contributed by atoms with E-state index < -0.39 is 10.9 Å². The van der Waals surface area contributed by atoms with Crippen molar-refractivity contribution in [2.75, 3.05) is 5.32 Å². The third-order valence-corrected chi connectivity index (χ3v) is 3.97. The van der Waals surface area contributed by atoms with Gasteiger partial charge >= 0.3 is 5.97 Å². The van der Waals surface area contributed by atoms with Gasteiger partial charge in [0.15, 0.2) is 0 Å². The number of nitro groups is 1. The standard InChI is InChI=1S/C14H11BrN2O4/c1-8-4-2-6-10(12(8)15)16-13-9(14(18)19)5-3-7-11(13)17(20)21/h2-7,16H,1H3,(H,18,19). The van der Waals surface area contributed by atoms with Crippen LogP contribution in [0.15, 0.2) is 40.9 Å². The predicted molar refractivity (Wildman–Crippen MR) is 82.2 cm³/mol. The number of aromatic carboxylic acids is 1. The van der Waals surface area contributed by atoms with Gasteiger partial charge in [0, 0.05) is 10.5 Å². The van der Waals surface area contributed by atoms with Crippen molar-refractivity contribution in [2.45, 2.75) is 6.92 Å². The second kappa shape index (κ2) is 5.92. The Morgan fingerprint density at radius 1 is 1.29 bits per heavy atom. The molecule has 0 unspecified atom stereocenters. The Hall–Kier alpha value is -2.41. The Labute approximate surface area is 128 Å². The van der Waals surface area contributed by atoms with Crippen molar-refractivity contribution in [1.29, 1.82) is 0 Å². The third-order valence-electron chi connectivity index (χ3n) is 2.92. The number of carboxylic acid groups (broad SMARTS) is 1. The zero-order valence-electron chi connectivity index (χ0n) is 11.0. The van der Waals surface area contributed by atoms with Gasteiger partial charge in [-0.15, -0.1) is 0 Å². The highest BCUT2D eigenvalue weighted by Crippen LogP contribution is 2.35. The van der Waals surface area contributed by atoms with Crippen molar-refractivity contribution in [3.05, 3.63) is 62.1 Å². The molecule has 2 rings (SSSR count). The summed E-state index contributed by atoms with van der Waals surface area (Å²) in [7, 11) is 0. The van der Waals surface area contributed by atoms with Gasteiger partial charge < -0.3 is 10.4 Å². The summed E-state index contributed by atoms with van der Waals surface area (Å²) in [5, 5.41) is 23.1. The van der Waals surface area contributed by atoms with Crippen LogP contribution >= 0.6 is 15.9 Å². The van der Waals surface area contributed by atoms with E-state index in [9.17, 15) is 20.0 Å². The minimum absolute atomic E-state index is 0.0405. The van der Waals surface area contributed by atoms with E-state index in [4.69, 9.17) is 0 Å². The molecular weight excluding hydrogens is 340 g/mol. The second-order valence-electron chi connectivity index (χ2n) is 4.32. The number of anilines is 2. The maximum Gasteiger partial charge on any atom is 0.338 e. The number of nitrogens with one attached hydrogen (secondary N) is 1. The van der Waals surface area contributed by atoms with E-state index in [1.807, 2.05) is 13.0 Å². The van der Waals surface area contributed by atoms with Crippen molar-refractivity contribution in [3.63, 3.8) is 0 Å². The van der Waals surface area contributed by atoms with E-state index in [-0.39, 0.29) is 16.9 Å². The molecule has 0 aromatic heterocycles. The fourth-order valence-electron chi connectivity index (χ4n) is 1.88. The van der Waals surface area contributed by atoms with E-state index in [0.29, 0.717) is 5.69 Å². The number of nitro benzene ring substituents is 1. The number of carboxylic acids is 1. The van der Waals surface area contributed by atoms with Gasteiger partial charge in [-0.3, -0.25) is 10.1 Å². The van der Waals surface area contributed by atoms with Crippen LogP contribution < -0.4 is 5.32 Å². The molecule has 0 saturated carbocycles. The zero-order chi connectivity index (χ0) is 15.6. The molecule has 6 nitrogen and oxygen atoms in total. The molecule has 7 heteroatoms. The number of para-hydroxylation sites is 1. The first-order valence-corrected chi connectivity index (χ1v) is 6.74. The number of halogens is 1. The molecular formula is C14H11BrN2O4. The van der Waals surface area contributed by atoms with E-state index in [0.717, 1.165) is 10.0 Å². The molecule has 0 spiro atoms. The summed E-state index contributed by atoms with van der Waals surface area (Å²) < 4.78 is 0.722. The molecule has 0 aliphatic rings. The molecule has 0 saturated heterocycles. The molecule has 0 aliphatic heterocycles. The fraction of sp³-hybridized carbons (Fsp3) is 0.0714. The van der Waals surface area contributed by atoms with Gasteiger partial charge in [0.1, 0.15) is 5.69 Å². The van der Waals surface area contributed by atoms with Crippen molar-refractivity contribution in [2.24, 2.45) is 0 Å². The Balaban J connectivity index is 2.59. The minimum Gasteiger partial charge on any atom is -0.478 e. The fourth-order valence-corrected chi connectivity index (χ4v) is 2.24. The first kappa shape index (κ1) is 15.0. The molecule has 108 valence electrons. The van der Waals surface area contributed by atoms with Gasteiger partial charge in [0.05, 0.1) is 16.2 Å². The topological polar surface area (TPSA) is 92.5 Å². The van der Waals surface area contributed by atoms with Crippen molar-refractivity contribution >= 4 is 39.0 Å². The predicted octanol–water partition coefficient (Wildman–Crippen LogP) is 4.11. The van der Waals surface area contributed by atoms with Crippen LogP contribution in [0.2, 0.25) is 0 Å². The van der Waals surface area contributed by atoms with E-state index in [1.54, 1.807) is 12.1 Å². The Morgan fingerprint density at radius 3 is 2.57 bits per heavy atom. The SMILES string of the molecule is Cc1cccc(Nc2c(C(=O)O)cccc2[N+](=O)[O-])c1Br. The Morgan fingerprint density at radius 2 is 1.95 bits per heavy atom. The molecule has 0 atom stereocenters. The normalized spacial score (nSPS) is 10.2. The number of carbonyl (C=O) groups is 1. The molecule has 0 amide bonds. The van der Waals surface area contributed by atoms with E-state index >= 15 is 0 Å². The highest BCUT2D eigenvalue weighted by atomic mass is 79.9. The minimum atomic E-state index is -1.23. The summed E-state index contributed by atoms with van der Waals surface area (Å²) >= 11 is 3.38. The maximum absolute atomic E-state index is 11.3. The first-order chi connectivity index (χ1) is 9.91. The lowest BCUT2D eigenvalue weighted by atomic mass is 10.1. The number of nitrogens with zero attached hydrogens (tertiary/aromatic N) is 1. The van der Waals surface area contributed by atoms with Crippen LogP contribution in [0, 0.1) is 17.0 Å². The number of rotatable bonds is 4. The van der Waals surface area contributed by atoms with Crippen molar-refractivity contribution in [3.8, 4) is 0 Å². The number of aryl methyl sites for hydroxylation is 1. The van der Waals surface area contributed by atoms with Crippen LogP contribution in [-0.2, 0) is 0 Å². The molecule has 2 N–H and O–H groups in total. The van der Waals surface area contributed by atoms with Gasteiger partial charge in [0.2, 0.25) is 0 Å². The molecule has 0 radical (unpaired) electrons. The van der Waals surface area contributed by atoms with Crippen molar-refractivity contribution in [1.82, 2.24) is 0 Å². The number of hydrogen-bond donors (Lipinski definition) is 2. The zero-order valence-corrected chi connectivity index (χ0v) is 12.5. The Bertz CT molecular complexity index is 699. The molecule has 0 fully saturated rings. The largest absolute Gasteiger partial charge is 0.478 e. The molecule has 21 heavy (non-hydrogen) atoms. The smallest absolute Gasteiger partial charge is 0.338 e. The van der Waals surface area contributed by atoms with E-state index in [1.165, 1.54) is 18.2 Å². The summed E-state index contributed by atoms with van der Waals surface area (Å²) in [6.07, 6.45) is 0. The highest BCUT2D eigenvalue weighted by Gasteiger charge is 2.22. The van der Waals surface area contributed by atoms with Gasteiger partial charge in [-0.2, -0.15) is 0 Å². The molecule has 0 bridgehead atoms. The average molecular weight is 351 g/mol. The number of hydrogen-bond acceptors (Lipinski definition) is 4. The highest BCUT2D eigenvalue weighted by molar-refractivity contribution is 9.10. The van der Waals surface area contributed by atoms with Gasteiger partial charge in [-0.1, -0.05) is 18.2 Å². The van der Waals surface area contributed by atoms with Gasteiger partial charge in [-0.25, -0.2) is 4.79 Å². The van der Waals surface area contributed by atoms with Crippen LogP contribution in [-0.4, -0.2) is 16.0 Å². The van der Waals surface area contributed by atoms with Crippen molar-refractivity contribution < 1.29 is 14.8 Å². The summed E-state index contributed by atoms with van der Waals surface area (Å²) in [4.78, 5) is 21.8. The van der Waals surface area contributed by atoms with Crippen LogP contribution in [0.25, 0.3) is 0 Å². The summed E-state index contributed by atoms with van der Waals surface area (Å²) in [5.74, 6) is -1.23. The second-order valence-corrected chi connectivity index (χ2v) is 5.12. The lowest BCUT2D eigenvalue weighted by Crippen LogP contribution is -2.06. The van der Waals surface area contributed by atoms with E-state index in [2.05, 4.69) is 21.2 Å². The lowest BCUT2D eigenvalue weighted by Gasteiger charge is -2.12. The Kier molecular flexibility index (Phi) is 4.23. The third kappa shape index (κ3) is 3.03. The van der Waals surface area contributed by atoms with Crippen LogP contribution in [0.5, 0.6) is 0 Å². The molecule has 0 heterocycles. The summed E-state index contributed by atoms with van der Waals surface area (Å²) in [6.45, 7) is 1.87. The first-order valence-electron chi connectivity index (χ1n) is 5.94. The van der Waals surface area contributed by atoms with Gasteiger partial charge in [-0.05, 0) is 40.5 Å². The quantitative estimate of drug-likeness (QED) is 0.639. The number of benzene rings is 2. The summed E-state index contributed by atoms with van der Waals surface area (Å²) in [5.41, 5.74) is 1.00. The monoisotopic (exact) mass is 350 g/mol. The summed E-state index contributed by atoms with van der Waals surface area (Å²) in [6, 6.07) is 9.28. The maximum atomic E-state index is 11.3. The molecule has 2 aromatic rings. The lowest BCUT2D eigenvalue weighted by molar-refractivity contribution is -0.383. The molecule has 2 aromatic carbocycles. The van der Waals surface area contributed by atoms with Gasteiger partial charge in [0.25, 0.3) is 5.69 Å². The van der Waals surface area contributed by atoms with Crippen LogP contribution in [0.3, 0.4) is 0 Å². The molecule has 0 aliphatic carbocycles. The van der Waals surface area contributed by atoms with Crippen LogP contribution in [0.1, 0.15) is 15.9 Å².